The van der Waals surface area contributed by atoms with Gasteiger partial charge in [0.1, 0.15) is 0 Å². The minimum absolute atomic E-state index is 0.131. The van der Waals surface area contributed by atoms with Gasteiger partial charge in [0.05, 0.1) is 0 Å². The maximum Gasteiger partial charge on any atom is 0.0482 e. The smallest absolute Gasteiger partial charge is 0.0482 e. The molecule has 1 nitrogen and oxygen atoms in total. The molecule has 0 aliphatic heterocycles. The molecule has 0 aromatic heterocycles. The van der Waals surface area contributed by atoms with Crippen molar-refractivity contribution in [1.29, 1.82) is 0 Å². The molecule has 3 atom stereocenters. The zero-order chi connectivity index (χ0) is 12.7. The number of fused-ring (bicyclic) bond motifs is 1. The summed E-state index contributed by atoms with van der Waals surface area (Å²) < 4.78 is 0. The molecule has 2 saturated carbocycles. The van der Waals surface area contributed by atoms with Crippen molar-refractivity contribution >= 4 is 0 Å². The summed E-state index contributed by atoms with van der Waals surface area (Å²) in [6, 6.07) is 0. The second kappa shape index (κ2) is 4.57. The van der Waals surface area contributed by atoms with E-state index in [1.165, 1.54) is 38.5 Å². The van der Waals surface area contributed by atoms with Gasteiger partial charge < -0.3 is 5.11 Å². The van der Waals surface area contributed by atoms with E-state index in [-0.39, 0.29) is 5.41 Å². The molecular weight excluding hydrogens is 208 g/mol. The maximum absolute atomic E-state index is 9.40. The van der Waals surface area contributed by atoms with Crippen molar-refractivity contribution in [2.45, 2.75) is 66.2 Å². The van der Waals surface area contributed by atoms with E-state index in [1.807, 2.05) is 0 Å². The third kappa shape index (κ3) is 2.86. The number of hydrogen-bond donors (Lipinski definition) is 1. The number of aliphatic hydroxyl groups excluding tert-OH is 1. The third-order valence-corrected chi connectivity index (χ3v) is 5.52. The van der Waals surface area contributed by atoms with E-state index >= 15 is 0 Å². The highest BCUT2D eigenvalue weighted by Crippen LogP contribution is 2.55. The third-order valence-electron chi connectivity index (χ3n) is 5.52. The largest absolute Gasteiger partial charge is 0.396 e. The van der Waals surface area contributed by atoms with Crippen LogP contribution in [0.15, 0.2) is 0 Å². The van der Waals surface area contributed by atoms with Gasteiger partial charge in [-0.15, -0.1) is 0 Å². The molecule has 0 aromatic rings. The van der Waals surface area contributed by atoms with Gasteiger partial charge in [0.25, 0.3) is 0 Å². The Bertz CT molecular complexity index is 267. The highest BCUT2D eigenvalue weighted by molar-refractivity contribution is 4.95. The van der Waals surface area contributed by atoms with Crippen LogP contribution in [0.1, 0.15) is 66.2 Å². The zero-order valence-corrected chi connectivity index (χ0v) is 12.1. The van der Waals surface area contributed by atoms with Crippen LogP contribution in [-0.2, 0) is 0 Å². The Morgan fingerprint density at radius 2 is 1.88 bits per heavy atom. The van der Waals surface area contributed by atoms with Crippen molar-refractivity contribution in [3.05, 3.63) is 0 Å². The van der Waals surface area contributed by atoms with Gasteiger partial charge in [0, 0.05) is 6.61 Å². The van der Waals surface area contributed by atoms with E-state index < -0.39 is 0 Å². The van der Waals surface area contributed by atoms with Crippen molar-refractivity contribution < 1.29 is 5.11 Å². The number of aliphatic hydroxyl groups is 1. The first-order valence-corrected chi connectivity index (χ1v) is 7.45. The van der Waals surface area contributed by atoms with Gasteiger partial charge >= 0.3 is 0 Å². The second-order valence-electron chi connectivity index (χ2n) is 8.10. The summed E-state index contributed by atoms with van der Waals surface area (Å²) >= 11 is 0. The van der Waals surface area contributed by atoms with Crippen molar-refractivity contribution in [2.24, 2.45) is 28.6 Å². The summed E-state index contributed by atoms with van der Waals surface area (Å²) in [7, 11) is 0. The van der Waals surface area contributed by atoms with Gasteiger partial charge in [-0.1, -0.05) is 34.1 Å². The van der Waals surface area contributed by atoms with Crippen LogP contribution in [0, 0.1) is 28.6 Å². The first kappa shape index (κ1) is 13.4. The van der Waals surface area contributed by atoms with Gasteiger partial charge in [-0.05, 0) is 60.7 Å². The summed E-state index contributed by atoms with van der Waals surface area (Å²) in [6.07, 6.45) is 8.36. The van der Waals surface area contributed by atoms with Crippen LogP contribution in [-0.4, -0.2) is 11.7 Å². The standard InChI is InChI=1S/C16H30O/c1-15(2,11-17)10-12-5-6-14-13(9-12)7-8-16(14,3)4/h12-14,17H,5-11H2,1-4H3. The van der Waals surface area contributed by atoms with E-state index in [2.05, 4.69) is 27.7 Å². The Labute approximate surface area is 107 Å². The predicted molar refractivity (Wildman–Crippen MR) is 72.8 cm³/mol. The summed E-state index contributed by atoms with van der Waals surface area (Å²) in [6.45, 7) is 9.68. The Hall–Kier alpha value is -0.0400. The quantitative estimate of drug-likeness (QED) is 0.779. The Kier molecular flexibility index (Phi) is 3.60. The van der Waals surface area contributed by atoms with Gasteiger partial charge in [-0.25, -0.2) is 0 Å². The topological polar surface area (TPSA) is 20.2 Å². The molecule has 0 heterocycles. The van der Waals surface area contributed by atoms with Crippen LogP contribution in [0.25, 0.3) is 0 Å². The number of hydrogen-bond acceptors (Lipinski definition) is 1. The van der Waals surface area contributed by atoms with Crippen LogP contribution >= 0.6 is 0 Å². The van der Waals surface area contributed by atoms with Gasteiger partial charge in [-0.2, -0.15) is 0 Å². The molecule has 0 aromatic carbocycles. The lowest BCUT2D eigenvalue weighted by Crippen LogP contribution is -2.31. The first-order valence-electron chi connectivity index (χ1n) is 7.45. The van der Waals surface area contributed by atoms with Crippen LogP contribution in [0.2, 0.25) is 0 Å². The molecule has 0 amide bonds. The molecule has 1 heteroatoms. The summed E-state index contributed by atoms with van der Waals surface area (Å²) in [4.78, 5) is 0. The van der Waals surface area contributed by atoms with Crippen LogP contribution in [0.5, 0.6) is 0 Å². The molecule has 0 bridgehead atoms. The Balaban J connectivity index is 1.92. The molecular formula is C16H30O. The second-order valence-corrected chi connectivity index (χ2v) is 8.10. The Morgan fingerprint density at radius 3 is 2.53 bits per heavy atom. The fraction of sp³-hybridized carbons (Fsp3) is 1.00. The van der Waals surface area contributed by atoms with Gasteiger partial charge in [0.15, 0.2) is 0 Å². The van der Waals surface area contributed by atoms with E-state index in [0.29, 0.717) is 12.0 Å². The average molecular weight is 238 g/mol. The van der Waals surface area contributed by atoms with Crippen molar-refractivity contribution in [3.63, 3.8) is 0 Å². The average Bonchev–Trinajstić information content (AvgIpc) is 2.54. The molecule has 2 aliphatic carbocycles. The van der Waals surface area contributed by atoms with Gasteiger partial charge in [0.2, 0.25) is 0 Å². The molecule has 1 N–H and O–H groups in total. The molecule has 0 spiro atoms. The minimum Gasteiger partial charge on any atom is -0.396 e. The van der Waals surface area contributed by atoms with Crippen molar-refractivity contribution in [3.8, 4) is 0 Å². The van der Waals surface area contributed by atoms with E-state index in [0.717, 1.165) is 17.8 Å². The fourth-order valence-corrected chi connectivity index (χ4v) is 4.48. The zero-order valence-electron chi connectivity index (χ0n) is 12.1. The van der Waals surface area contributed by atoms with Crippen LogP contribution < -0.4 is 0 Å². The van der Waals surface area contributed by atoms with Gasteiger partial charge in [-0.3, -0.25) is 0 Å². The van der Waals surface area contributed by atoms with Crippen molar-refractivity contribution in [2.75, 3.05) is 6.61 Å². The molecule has 2 rings (SSSR count). The lowest BCUT2D eigenvalue weighted by Gasteiger charge is -2.40. The monoisotopic (exact) mass is 238 g/mol. The Morgan fingerprint density at radius 1 is 1.18 bits per heavy atom. The summed E-state index contributed by atoms with van der Waals surface area (Å²) in [5, 5.41) is 9.40. The normalized spacial score (nSPS) is 36.9. The van der Waals surface area contributed by atoms with Crippen LogP contribution in [0.4, 0.5) is 0 Å². The SMILES string of the molecule is CC(C)(CO)CC1CCC2C(CCC2(C)C)C1. The molecule has 17 heavy (non-hydrogen) atoms. The molecule has 0 saturated heterocycles. The summed E-state index contributed by atoms with van der Waals surface area (Å²) in [5.41, 5.74) is 0.730. The highest BCUT2D eigenvalue weighted by Gasteiger charge is 2.45. The molecule has 2 fully saturated rings. The first-order chi connectivity index (χ1) is 7.84. The fourth-order valence-electron chi connectivity index (χ4n) is 4.48. The summed E-state index contributed by atoms with van der Waals surface area (Å²) in [5.74, 6) is 2.83. The molecule has 3 unspecified atom stereocenters. The maximum atomic E-state index is 9.40. The van der Waals surface area contributed by atoms with Crippen LogP contribution in [0.3, 0.4) is 0 Å². The van der Waals surface area contributed by atoms with E-state index in [1.54, 1.807) is 0 Å². The predicted octanol–water partition coefficient (Wildman–Crippen LogP) is 4.25. The van der Waals surface area contributed by atoms with E-state index in [9.17, 15) is 5.11 Å². The van der Waals surface area contributed by atoms with Crippen molar-refractivity contribution in [1.82, 2.24) is 0 Å². The molecule has 100 valence electrons. The van der Waals surface area contributed by atoms with E-state index in [4.69, 9.17) is 0 Å². The highest BCUT2D eigenvalue weighted by atomic mass is 16.3. The molecule has 2 aliphatic rings. The molecule has 0 radical (unpaired) electrons. The lowest BCUT2D eigenvalue weighted by atomic mass is 9.66. The lowest BCUT2D eigenvalue weighted by molar-refractivity contribution is 0.0796. The minimum atomic E-state index is 0.131. The number of rotatable bonds is 3.